The molecule has 0 saturated carbocycles. The molecule has 0 aliphatic rings. The van der Waals surface area contributed by atoms with Crippen LogP contribution in [0.5, 0.6) is 5.75 Å². The summed E-state index contributed by atoms with van der Waals surface area (Å²) in [6.45, 7) is 0. The number of hydrogen-bond donors (Lipinski definition) is 0. The lowest BCUT2D eigenvalue weighted by atomic mass is 10.2. The summed E-state index contributed by atoms with van der Waals surface area (Å²) in [6.07, 6.45) is 1.66. The average Bonchev–Trinajstić information content (AvgIpc) is 3.09. The van der Waals surface area contributed by atoms with Crippen molar-refractivity contribution in [1.29, 1.82) is 0 Å². The first kappa shape index (κ1) is 13.5. The molecule has 0 aliphatic carbocycles. The number of rotatable bonds is 3. The molecule has 2 aromatic heterocycles. The van der Waals surface area contributed by atoms with Crippen LogP contribution >= 0.6 is 0 Å². The van der Waals surface area contributed by atoms with Gasteiger partial charge in [0.2, 0.25) is 0 Å². The zero-order chi connectivity index (χ0) is 15.8. The summed E-state index contributed by atoms with van der Waals surface area (Å²) < 4.78 is 7.21. The molecular weight excluding hydrogens is 290 g/mol. The van der Waals surface area contributed by atoms with Crippen LogP contribution < -0.4 is 9.64 Å². The van der Waals surface area contributed by atoms with Crippen LogP contribution in [-0.4, -0.2) is 33.7 Å². The monoisotopic (exact) mass is 305 g/mol. The van der Waals surface area contributed by atoms with Gasteiger partial charge in [0.1, 0.15) is 17.9 Å². The van der Waals surface area contributed by atoms with E-state index in [9.17, 15) is 0 Å². The van der Waals surface area contributed by atoms with Crippen LogP contribution in [0.2, 0.25) is 0 Å². The molecule has 0 saturated heterocycles. The second kappa shape index (κ2) is 5.24. The number of aromatic nitrogens is 4. The lowest BCUT2D eigenvalue weighted by Crippen LogP contribution is -2.12. The molecule has 0 atom stereocenters. The van der Waals surface area contributed by atoms with E-state index in [1.54, 1.807) is 13.4 Å². The maximum Gasteiger partial charge on any atom is 0.257 e. The Morgan fingerprint density at radius 2 is 1.91 bits per heavy atom. The van der Waals surface area contributed by atoms with Crippen molar-refractivity contribution in [3.05, 3.63) is 54.9 Å². The summed E-state index contributed by atoms with van der Waals surface area (Å²) in [7, 11) is 3.65. The second-order valence-corrected chi connectivity index (χ2v) is 5.21. The Labute approximate surface area is 133 Å². The van der Waals surface area contributed by atoms with Crippen LogP contribution in [0.3, 0.4) is 0 Å². The van der Waals surface area contributed by atoms with Crippen molar-refractivity contribution in [2.24, 2.45) is 0 Å². The SMILES string of the molecule is COc1ccc2c(N(C)c3ccccc3)nc3nncn3c2c1. The number of methoxy groups -OCH3 is 1. The highest BCUT2D eigenvalue weighted by atomic mass is 16.5. The third-order valence-electron chi connectivity index (χ3n) is 3.90. The van der Waals surface area contributed by atoms with E-state index in [4.69, 9.17) is 4.74 Å². The van der Waals surface area contributed by atoms with Crippen LogP contribution in [-0.2, 0) is 0 Å². The zero-order valence-electron chi connectivity index (χ0n) is 12.8. The third kappa shape index (κ3) is 2.15. The molecule has 0 spiro atoms. The van der Waals surface area contributed by atoms with E-state index in [1.165, 1.54) is 0 Å². The summed E-state index contributed by atoms with van der Waals surface area (Å²) in [6, 6.07) is 16.0. The van der Waals surface area contributed by atoms with E-state index in [1.807, 2.05) is 64.9 Å². The number of fused-ring (bicyclic) bond motifs is 3. The fourth-order valence-electron chi connectivity index (χ4n) is 2.69. The number of ether oxygens (including phenoxy) is 1. The van der Waals surface area contributed by atoms with Crippen LogP contribution in [0.1, 0.15) is 0 Å². The maximum absolute atomic E-state index is 5.34. The Morgan fingerprint density at radius 1 is 1.09 bits per heavy atom. The summed E-state index contributed by atoms with van der Waals surface area (Å²) in [4.78, 5) is 6.71. The average molecular weight is 305 g/mol. The van der Waals surface area contributed by atoms with Crippen molar-refractivity contribution in [2.75, 3.05) is 19.1 Å². The van der Waals surface area contributed by atoms with Crippen molar-refractivity contribution in [3.8, 4) is 5.75 Å². The first-order valence-electron chi connectivity index (χ1n) is 7.24. The summed E-state index contributed by atoms with van der Waals surface area (Å²) in [5.74, 6) is 2.17. The van der Waals surface area contributed by atoms with E-state index >= 15 is 0 Å². The van der Waals surface area contributed by atoms with Gasteiger partial charge in [0.25, 0.3) is 5.78 Å². The molecule has 114 valence electrons. The largest absolute Gasteiger partial charge is 0.497 e. The Balaban J connectivity index is 2.01. The van der Waals surface area contributed by atoms with Crippen LogP contribution in [0, 0.1) is 0 Å². The molecule has 0 radical (unpaired) electrons. The number of benzene rings is 2. The molecule has 2 heterocycles. The van der Waals surface area contributed by atoms with Gasteiger partial charge in [0, 0.05) is 24.2 Å². The van der Waals surface area contributed by atoms with E-state index in [2.05, 4.69) is 15.2 Å². The van der Waals surface area contributed by atoms with Gasteiger partial charge >= 0.3 is 0 Å². The fourth-order valence-corrected chi connectivity index (χ4v) is 2.69. The van der Waals surface area contributed by atoms with Gasteiger partial charge in [0.15, 0.2) is 0 Å². The van der Waals surface area contributed by atoms with Gasteiger partial charge in [-0.25, -0.2) is 0 Å². The quantitative estimate of drug-likeness (QED) is 0.582. The Kier molecular flexibility index (Phi) is 3.08. The van der Waals surface area contributed by atoms with Crippen LogP contribution in [0.15, 0.2) is 54.9 Å². The summed E-state index contributed by atoms with van der Waals surface area (Å²) in [5.41, 5.74) is 2.01. The Hall–Kier alpha value is -3.15. The minimum Gasteiger partial charge on any atom is -0.497 e. The number of nitrogens with zero attached hydrogens (tertiary/aromatic N) is 5. The van der Waals surface area contributed by atoms with E-state index in [0.717, 1.165) is 28.2 Å². The lowest BCUT2D eigenvalue weighted by molar-refractivity contribution is 0.415. The molecule has 0 fully saturated rings. The molecule has 6 heteroatoms. The van der Waals surface area contributed by atoms with E-state index in [-0.39, 0.29) is 0 Å². The normalized spacial score (nSPS) is 11.0. The smallest absolute Gasteiger partial charge is 0.257 e. The van der Waals surface area contributed by atoms with Gasteiger partial charge in [-0.05, 0) is 24.3 Å². The predicted octanol–water partition coefficient (Wildman–Crippen LogP) is 3.05. The summed E-state index contributed by atoms with van der Waals surface area (Å²) in [5, 5.41) is 9.07. The summed E-state index contributed by atoms with van der Waals surface area (Å²) >= 11 is 0. The van der Waals surface area contributed by atoms with Crippen LogP contribution in [0.4, 0.5) is 11.5 Å². The standard InChI is InChI=1S/C17H15N5O/c1-21(12-6-4-3-5-7-12)16-14-9-8-13(23-2)10-15(14)22-11-18-20-17(22)19-16/h3-11H,1-2H3. The minimum atomic E-state index is 0.559. The van der Waals surface area contributed by atoms with Gasteiger partial charge in [0.05, 0.1) is 12.6 Å². The molecule has 0 N–H and O–H groups in total. The molecule has 0 amide bonds. The number of anilines is 2. The highest BCUT2D eigenvalue weighted by Crippen LogP contribution is 2.31. The fraction of sp³-hybridized carbons (Fsp3) is 0.118. The van der Waals surface area contributed by atoms with Gasteiger partial charge in [-0.1, -0.05) is 18.2 Å². The van der Waals surface area contributed by atoms with Crippen molar-refractivity contribution >= 4 is 28.2 Å². The van der Waals surface area contributed by atoms with Gasteiger partial charge in [-0.2, -0.15) is 4.98 Å². The maximum atomic E-state index is 5.34. The lowest BCUT2D eigenvalue weighted by Gasteiger charge is -2.20. The Bertz CT molecular complexity index is 980. The first-order valence-corrected chi connectivity index (χ1v) is 7.24. The molecule has 0 unspecified atom stereocenters. The first-order chi connectivity index (χ1) is 11.3. The van der Waals surface area contributed by atoms with E-state index < -0.39 is 0 Å². The van der Waals surface area contributed by atoms with Crippen molar-refractivity contribution < 1.29 is 4.74 Å². The van der Waals surface area contributed by atoms with Crippen molar-refractivity contribution in [1.82, 2.24) is 19.6 Å². The molecule has 4 aromatic rings. The number of hydrogen-bond acceptors (Lipinski definition) is 5. The topological polar surface area (TPSA) is 55.5 Å². The third-order valence-corrected chi connectivity index (χ3v) is 3.90. The van der Waals surface area contributed by atoms with Gasteiger partial charge in [-0.3, -0.25) is 4.40 Å². The zero-order valence-corrected chi connectivity index (χ0v) is 12.8. The van der Waals surface area contributed by atoms with E-state index in [0.29, 0.717) is 5.78 Å². The number of para-hydroxylation sites is 1. The molecule has 0 bridgehead atoms. The van der Waals surface area contributed by atoms with Crippen molar-refractivity contribution in [2.45, 2.75) is 0 Å². The second-order valence-electron chi connectivity index (χ2n) is 5.21. The molecule has 6 nitrogen and oxygen atoms in total. The van der Waals surface area contributed by atoms with Crippen LogP contribution in [0.25, 0.3) is 16.7 Å². The highest BCUT2D eigenvalue weighted by Gasteiger charge is 2.14. The highest BCUT2D eigenvalue weighted by molar-refractivity contribution is 5.94. The molecule has 4 rings (SSSR count). The molecule has 23 heavy (non-hydrogen) atoms. The Morgan fingerprint density at radius 3 is 2.70 bits per heavy atom. The molecule has 2 aromatic carbocycles. The predicted molar refractivity (Wildman–Crippen MR) is 89.3 cm³/mol. The van der Waals surface area contributed by atoms with Gasteiger partial charge < -0.3 is 9.64 Å². The minimum absolute atomic E-state index is 0.559. The van der Waals surface area contributed by atoms with Gasteiger partial charge in [-0.15, -0.1) is 10.2 Å². The molecular formula is C17H15N5O. The van der Waals surface area contributed by atoms with Crippen molar-refractivity contribution in [3.63, 3.8) is 0 Å². The molecule has 0 aliphatic heterocycles.